The first kappa shape index (κ1) is 18.5. The number of nitrogens with one attached hydrogen (secondary N) is 1. The predicted octanol–water partition coefficient (Wildman–Crippen LogP) is 3.43. The van der Waals surface area contributed by atoms with Crippen molar-refractivity contribution in [3.05, 3.63) is 71.7 Å². The number of hydrogen-bond acceptors (Lipinski definition) is 6. The zero-order valence-electron chi connectivity index (χ0n) is 17.1. The van der Waals surface area contributed by atoms with Gasteiger partial charge in [-0.15, -0.1) is 10.2 Å². The first-order valence-corrected chi connectivity index (χ1v) is 9.93. The van der Waals surface area contributed by atoms with Crippen LogP contribution in [0.15, 0.2) is 47.3 Å². The normalized spacial score (nSPS) is 16.6. The minimum atomic E-state index is -0.429. The zero-order chi connectivity index (χ0) is 20.9. The van der Waals surface area contributed by atoms with Crippen LogP contribution < -0.4 is 0 Å². The summed E-state index contributed by atoms with van der Waals surface area (Å²) in [5, 5.41) is 10.2. The van der Waals surface area contributed by atoms with E-state index in [4.69, 9.17) is 4.42 Å². The van der Waals surface area contributed by atoms with Gasteiger partial charge in [0.05, 0.1) is 17.7 Å². The van der Waals surface area contributed by atoms with Crippen molar-refractivity contribution in [3.63, 3.8) is 0 Å². The molecule has 8 heteroatoms. The molecule has 5 rings (SSSR count). The lowest BCUT2D eigenvalue weighted by Crippen LogP contribution is -2.41. The van der Waals surface area contributed by atoms with Crippen LogP contribution in [0.2, 0.25) is 0 Å². The van der Waals surface area contributed by atoms with Gasteiger partial charge in [0, 0.05) is 35.7 Å². The molecule has 0 saturated carbocycles. The molecule has 0 saturated heterocycles. The maximum Gasteiger partial charge on any atom is 0.312 e. The van der Waals surface area contributed by atoms with Gasteiger partial charge in [-0.25, -0.2) is 4.98 Å². The second-order valence-electron chi connectivity index (χ2n) is 8.54. The Morgan fingerprint density at radius 1 is 1.17 bits per heavy atom. The number of aromatic nitrogens is 5. The molecule has 0 radical (unpaired) electrons. The highest BCUT2D eigenvalue weighted by atomic mass is 16.4. The van der Waals surface area contributed by atoms with Gasteiger partial charge in [-0.2, -0.15) is 0 Å². The highest BCUT2D eigenvalue weighted by Gasteiger charge is 2.38. The smallest absolute Gasteiger partial charge is 0.312 e. The number of carbonyl (C=O) groups excluding carboxylic acids is 1. The molecule has 1 N–H and O–H groups in total. The van der Waals surface area contributed by atoms with Crippen molar-refractivity contribution in [2.75, 3.05) is 6.54 Å². The maximum absolute atomic E-state index is 13.4. The Morgan fingerprint density at radius 2 is 1.97 bits per heavy atom. The molecule has 4 heterocycles. The van der Waals surface area contributed by atoms with Gasteiger partial charge in [-0.3, -0.25) is 9.78 Å². The summed E-state index contributed by atoms with van der Waals surface area (Å²) in [7, 11) is 0. The number of imidazole rings is 1. The molecule has 3 aromatic heterocycles. The fraction of sp³-hybridized carbons (Fsp3) is 0.318. The highest BCUT2D eigenvalue weighted by Crippen LogP contribution is 2.34. The quantitative estimate of drug-likeness (QED) is 0.551. The first-order chi connectivity index (χ1) is 14.4. The molecule has 30 heavy (non-hydrogen) atoms. The number of H-pyrrole nitrogens is 1. The van der Waals surface area contributed by atoms with E-state index < -0.39 is 6.04 Å². The fourth-order valence-electron chi connectivity index (χ4n) is 3.78. The molecule has 0 unspecified atom stereocenters. The zero-order valence-corrected chi connectivity index (χ0v) is 17.1. The summed E-state index contributed by atoms with van der Waals surface area (Å²) in [6.45, 7) is 6.40. The molecule has 0 spiro atoms. The van der Waals surface area contributed by atoms with E-state index in [-0.39, 0.29) is 17.2 Å². The van der Waals surface area contributed by atoms with E-state index in [1.54, 1.807) is 11.2 Å². The molecule has 0 bridgehead atoms. The minimum Gasteiger partial charge on any atom is -0.416 e. The van der Waals surface area contributed by atoms with Crippen LogP contribution in [0.1, 0.15) is 60.5 Å². The van der Waals surface area contributed by atoms with Gasteiger partial charge in [-0.1, -0.05) is 45.0 Å². The van der Waals surface area contributed by atoms with E-state index in [0.29, 0.717) is 18.9 Å². The molecule has 0 fully saturated rings. The molecule has 1 aliphatic rings. The van der Waals surface area contributed by atoms with E-state index >= 15 is 0 Å². The Kier molecular flexibility index (Phi) is 4.16. The van der Waals surface area contributed by atoms with Gasteiger partial charge in [-0.05, 0) is 11.5 Å². The summed E-state index contributed by atoms with van der Waals surface area (Å²) in [6.07, 6.45) is 4.17. The predicted molar refractivity (Wildman–Crippen MR) is 110 cm³/mol. The number of fused-ring (bicyclic) bond motifs is 2. The molecule has 152 valence electrons. The summed E-state index contributed by atoms with van der Waals surface area (Å²) in [4.78, 5) is 27.5. The fourth-order valence-corrected chi connectivity index (χ4v) is 3.78. The van der Waals surface area contributed by atoms with Crippen LogP contribution in [0.25, 0.3) is 10.8 Å². The number of amides is 1. The molecule has 0 aliphatic carbocycles. The third-order valence-corrected chi connectivity index (χ3v) is 5.37. The van der Waals surface area contributed by atoms with Gasteiger partial charge in [0.1, 0.15) is 6.04 Å². The molecule has 1 atom stereocenters. The van der Waals surface area contributed by atoms with Gasteiger partial charge in [0.25, 0.3) is 0 Å². The van der Waals surface area contributed by atoms with Crippen molar-refractivity contribution in [2.45, 2.75) is 38.6 Å². The first-order valence-electron chi connectivity index (χ1n) is 9.93. The summed E-state index contributed by atoms with van der Waals surface area (Å²) in [6, 6.07) is 9.61. The third-order valence-electron chi connectivity index (χ3n) is 5.37. The van der Waals surface area contributed by atoms with E-state index in [9.17, 15) is 4.79 Å². The van der Waals surface area contributed by atoms with Crippen molar-refractivity contribution in [1.82, 2.24) is 30.0 Å². The molecular weight excluding hydrogens is 380 g/mol. The topological polar surface area (TPSA) is 101 Å². The number of rotatable bonds is 2. The van der Waals surface area contributed by atoms with Crippen molar-refractivity contribution in [2.24, 2.45) is 0 Å². The lowest BCUT2D eigenvalue weighted by atomic mass is 9.97. The highest BCUT2D eigenvalue weighted by molar-refractivity contribution is 5.90. The molecule has 1 aromatic carbocycles. The minimum absolute atomic E-state index is 0.00954. The molecule has 1 amide bonds. The van der Waals surface area contributed by atoms with Crippen molar-refractivity contribution >= 4 is 16.7 Å². The van der Waals surface area contributed by atoms with Crippen LogP contribution in [0.5, 0.6) is 0 Å². The Bertz CT molecular complexity index is 1240. The van der Waals surface area contributed by atoms with E-state index in [1.807, 2.05) is 57.3 Å². The van der Waals surface area contributed by atoms with Crippen molar-refractivity contribution in [1.29, 1.82) is 0 Å². The largest absolute Gasteiger partial charge is 0.416 e. The summed E-state index contributed by atoms with van der Waals surface area (Å²) in [5.41, 5.74) is 2.24. The number of hydrogen-bond donors (Lipinski definition) is 1. The third kappa shape index (κ3) is 3.04. The Balaban J connectivity index is 1.58. The number of pyridine rings is 1. The number of nitrogens with zero attached hydrogens (tertiary/aromatic N) is 5. The average Bonchev–Trinajstić information content (AvgIpc) is 3.41. The van der Waals surface area contributed by atoms with Gasteiger partial charge in [0.15, 0.2) is 0 Å². The van der Waals surface area contributed by atoms with Crippen LogP contribution in [-0.4, -0.2) is 42.5 Å². The maximum atomic E-state index is 13.4. The Labute approximate surface area is 173 Å². The van der Waals surface area contributed by atoms with Gasteiger partial charge < -0.3 is 14.3 Å². The van der Waals surface area contributed by atoms with E-state index in [1.165, 1.54) is 0 Å². The molecular formula is C22H22N6O2. The van der Waals surface area contributed by atoms with Crippen LogP contribution in [0.4, 0.5) is 0 Å². The standard InChI is InChI=1S/C22H22N6O2/c1-22(2,3)21-27-26-19(30-21)20(29)28-9-8-15-17(25-12-24-15)18(28)16-10-13-6-4-5-7-14(13)11-23-16/h4-7,10-12,18H,8-9H2,1-3H3,(H,24,25)/t18-/m0/s1. The van der Waals surface area contributed by atoms with Crippen LogP contribution in [-0.2, 0) is 11.8 Å². The van der Waals surface area contributed by atoms with Crippen molar-refractivity contribution < 1.29 is 9.21 Å². The Morgan fingerprint density at radius 3 is 2.73 bits per heavy atom. The second-order valence-corrected chi connectivity index (χ2v) is 8.54. The summed E-state index contributed by atoms with van der Waals surface area (Å²) in [5.74, 6) is 0.111. The SMILES string of the molecule is CC(C)(C)c1nnc(C(=O)N2CCc3[nH]cnc3[C@@H]2c2cc3ccccc3cn2)o1. The number of aromatic amines is 1. The lowest BCUT2D eigenvalue weighted by molar-refractivity contribution is 0.0642. The molecule has 1 aliphatic heterocycles. The van der Waals surface area contributed by atoms with E-state index in [0.717, 1.165) is 27.9 Å². The van der Waals surface area contributed by atoms with Crippen molar-refractivity contribution in [3.8, 4) is 0 Å². The van der Waals surface area contributed by atoms with Crippen LogP contribution in [0.3, 0.4) is 0 Å². The molecule has 4 aromatic rings. The van der Waals surface area contributed by atoms with Crippen LogP contribution in [0, 0.1) is 0 Å². The molecule has 8 nitrogen and oxygen atoms in total. The number of benzene rings is 1. The number of carbonyl (C=O) groups is 1. The van der Waals surface area contributed by atoms with Gasteiger partial charge in [0.2, 0.25) is 5.89 Å². The summed E-state index contributed by atoms with van der Waals surface area (Å²) >= 11 is 0. The van der Waals surface area contributed by atoms with Crippen LogP contribution >= 0.6 is 0 Å². The summed E-state index contributed by atoms with van der Waals surface area (Å²) < 4.78 is 5.72. The monoisotopic (exact) mass is 402 g/mol. The lowest BCUT2D eigenvalue weighted by Gasteiger charge is -2.33. The van der Waals surface area contributed by atoms with E-state index in [2.05, 4.69) is 25.1 Å². The van der Waals surface area contributed by atoms with Gasteiger partial charge >= 0.3 is 11.8 Å². The Hall–Kier alpha value is -3.55. The average molecular weight is 402 g/mol. The second kappa shape index (κ2) is 6.76.